The van der Waals surface area contributed by atoms with E-state index in [9.17, 15) is 8.78 Å². The average molecular weight is 548 g/mol. The minimum Gasteiger partial charge on any atom is -0.366 e. The summed E-state index contributed by atoms with van der Waals surface area (Å²) in [5, 5.41) is 7.30. The van der Waals surface area contributed by atoms with Gasteiger partial charge in [-0.2, -0.15) is 4.98 Å². The largest absolute Gasteiger partial charge is 0.366 e. The summed E-state index contributed by atoms with van der Waals surface area (Å²) in [5.74, 6) is 1.64. The van der Waals surface area contributed by atoms with Gasteiger partial charge in [-0.05, 0) is 25.5 Å². The number of aromatic nitrogens is 2. The van der Waals surface area contributed by atoms with E-state index in [2.05, 4.69) is 20.4 Å². The van der Waals surface area contributed by atoms with Crippen molar-refractivity contribution in [2.45, 2.75) is 39.5 Å². The van der Waals surface area contributed by atoms with Gasteiger partial charge in [0.25, 0.3) is 0 Å². The van der Waals surface area contributed by atoms with E-state index in [0.717, 1.165) is 30.8 Å². The standard InChI is InChI=1S/C21H30F2N6O.HI/c1-4-24-21(25-9-5-6-19-26-20(15(2)3)27-30-19)29-12-10-28(11-13-29)18-14-16(22)7-8-17(18)23;/h7-8,14-15H,4-6,9-13H2,1-3H3,(H,24,25);1H. The number of anilines is 1. The molecule has 0 radical (unpaired) electrons. The normalized spacial score (nSPS) is 14.7. The van der Waals surface area contributed by atoms with Gasteiger partial charge in [-0.15, -0.1) is 24.0 Å². The quantitative estimate of drug-likeness (QED) is 0.246. The predicted molar refractivity (Wildman–Crippen MR) is 128 cm³/mol. The zero-order valence-corrected chi connectivity index (χ0v) is 20.6. The van der Waals surface area contributed by atoms with Gasteiger partial charge in [0.2, 0.25) is 5.89 Å². The first-order valence-electron chi connectivity index (χ1n) is 10.5. The molecule has 2 aromatic rings. The van der Waals surface area contributed by atoms with Crippen LogP contribution in [0.5, 0.6) is 0 Å². The molecule has 0 aliphatic carbocycles. The Labute approximate surface area is 199 Å². The van der Waals surface area contributed by atoms with E-state index in [0.29, 0.717) is 50.7 Å². The zero-order valence-electron chi connectivity index (χ0n) is 18.3. The third-order valence-corrected chi connectivity index (χ3v) is 4.97. The molecule has 3 rings (SSSR count). The SMILES string of the molecule is CCNC(=NCCCc1nc(C(C)C)no1)N1CCN(c2cc(F)ccc2F)CC1.I. The van der Waals surface area contributed by atoms with Gasteiger partial charge < -0.3 is 19.6 Å². The summed E-state index contributed by atoms with van der Waals surface area (Å²) in [5.41, 5.74) is 0.317. The second kappa shape index (κ2) is 12.2. The van der Waals surface area contributed by atoms with Crippen LogP contribution in [-0.2, 0) is 6.42 Å². The first-order valence-corrected chi connectivity index (χ1v) is 10.5. The molecule has 0 amide bonds. The van der Waals surface area contributed by atoms with Gasteiger partial charge in [0.15, 0.2) is 11.8 Å². The van der Waals surface area contributed by atoms with Crippen molar-refractivity contribution in [1.82, 2.24) is 20.4 Å². The maximum Gasteiger partial charge on any atom is 0.226 e. The highest BCUT2D eigenvalue weighted by Crippen LogP contribution is 2.22. The van der Waals surface area contributed by atoms with Crippen LogP contribution in [-0.4, -0.2) is 60.3 Å². The van der Waals surface area contributed by atoms with E-state index < -0.39 is 11.6 Å². The Hall–Kier alpha value is -1.98. The number of nitrogens with one attached hydrogen (secondary N) is 1. The van der Waals surface area contributed by atoms with Crippen LogP contribution in [0.2, 0.25) is 0 Å². The molecule has 2 heterocycles. The number of hydrogen-bond acceptors (Lipinski definition) is 5. The Morgan fingerprint density at radius 2 is 1.97 bits per heavy atom. The van der Waals surface area contributed by atoms with E-state index in [1.54, 1.807) is 0 Å². The summed E-state index contributed by atoms with van der Waals surface area (Å²) >= 11 is 0. The number of piperazine rings is 1. The third-order valence-electron chi connectivity index (χ3n) is 4.97. The fourth-order valence-electron chi connectivity index (χ4n) is 3.33. The third kappa shape index (κ3) is 7.01. The summed E-state index contributed by atoms with van der Waals surface area (Å²) in [6, 6.07) is 3.57. The maximum absolute atomic E-state index is 14.0. The van der Waals surface area contributed by atoms with Crippen LogP contribution in [0, 0.1) is 11.6 Å². The molecule has 1 saturated heterocycles. The number of hydrogen-bond donors (Lipinski definition) is 1. The monoisotopic (exact) mass is 548 g/mol. The smallest absolute Gasteiger partial charge is 0.226 e. The molecule has 0 atom stereocenters. The Morgan fingerprint density at radius 1 is 1.23 bits per heavy atom. The molecule has 1 aliphatic rings. The first-order chi connectivity index (χ1) is 14.5. The highest BCUT2D eigenvalue weighted by Gasteiger charge is 2.22. The Balaban J connectivity index is 0.00000341. The van der Waals surface area contributed by atoms with E-state index in [4.69, 9.17) is 9.52 Å². The van der Waals surface area contributed by atoms with E-state index in [1.165, 1.54) is 12.1 Å². The van der Waals surface area contributed by atoms with Crippen LogP contribution in [0.15, 0.2) is 27.7 Å². The van der Waals surface area contributed by atoms with Crippen LogP contribution in [0.3, 0.4) is 0 Å². The van der Waals surface area contributed by atoms with Gasteiger partial charge in [-0.25, -0.2) is 8.78 Å². The van der Waals surface area contributed by atoms with Crippen molar-refractivity contribution in [1.29, 1.82) is 0 Å². The van der Waals surface area contributed by atoms with Crippen LogP contribution < -0.4 is 10.2 Å². The number of halogens is 3. The van der Waals surface area contributed by atoms with Crippen LogP contribution in [0.25, 0.3) is 0 Å². The second-order valence-electron chi connectivity index (χ2n) is 7.61. The summed E-state index contributed by atoms with van der Waals surface area (Å²) in [6.07, 6.45) is 1.50. The molecule has 1 aromatic heterocycles. The minimum absolute atomic E-state index is 0. The lowest BCUT2D eigenvalue weighted by molar-refractivity contribution is 0.366. The van der Waals surface area contributed by atoms with E-state index in [-0.39, 0.29) is 29.9 Å². The van der Waals surface area contributed by atoms with Crippen LogP contribution in [0.1, 0.15) is 44.8 Å². The van der Waals surface area contributed by atoms with Crippen molar-refractivity contribution >= 4 is 35.6 Å². The van der Waals surface area contributed by atoms with Crippen LogP contribution >= 0.6 is 24.0 Å². The molecule has 1 aromatic carbocycles. The molecule has 0 bridgehead atoms. The molecule has 7 nitrogen and oxygen atoms in total. The lowest BCUT2D eigenvalue weighted by atomic mass is 10.2. The fourth-order valence-corrected chi connectivity index (χ4v) is 3.33. The number of aryl methyl sites for hydroxylation is 1. The van der Waals surface area contributed by atoms with Crippen molar-refractivity contribution in [3.8, 4) is 0 Å². The molecule has 0 spiro atoms. The van der Waals surface area contributed by atoms with Crippen LogP contribution in [0.4, 0.5) is 14.5 Å². The van der Waals surface area contributed by atoms with Gasteiger partial charge in [-0.1, -0.05) is 19.0 Å². The molecule has 10 heteroatoms. The Bertz CT molecular complexity index is 852. The van der Waals surface area contributed by atoms with Gasteiger partial charge in [0, 0.05) is 57.7 Å². The maximum atomic E-state index is 14.0. The van der Waals surface area contributed by atoms with Gasteiger partial charge in [-0.3, -0.25) is 4.99 Å². The van der Waals surface area contributed by atoms with Crippen molar-refractivity contribution < 1.29 is 13.3 Å². The summed E-state index contributed by atoms with van der Waals surface area (Å²) in [4.78, 5) is 13.1. The van der Waals surface area contributed by atoms with Crippen molar-refractivity contribution in [2.75, 3.05) is 44.2 Å². The molecule has 1 fully saturated rings. The van der Waals surface area contributed by atoms with Crippen molar-refractivity contribution in [3.05, 3.63) is 41.5 Å². The minimum atomic E-state index is -0.425. The Kier molecular flexibility index (Phi) is 9.92. The molecule has 172 valence electrons. The number of benzene rings is 1. The fraction of sp³-hybridized carbons (Fsp3) is 0.571. The molecular formula is C21H31F2IN6O. The number of aliphatic imine (C=N–C) groups is 1. The highest BCUT2D eigenvalue weighted by atomic mass is 127. The van der Waals surface area contributed by atoms with Crippen molar-refractivity contribution in [3.63, 3.8) is 0 Å². The lowest BCUT2D eigenvalue weighted by Gasteiger charge is -2.37. The first kappa shape index (κ1) is 25.3. The number of rotatable bonds is 7. The molecule has 1 aliphatic heterocycles. The predicted octanol–water partition coefficient (Wildman–Crippen LogP) is 3.81. The summed E-state index contributed by atoms with van der Waals surface area (Å²) in [6.45, 7) is 10.1. The number of guanidine groups is 1. The molecule has 0 unspecified atom stereocenters. The Morgan fingerprint density at radius 3 is 2.61 bits per heavy atom. The molecule has 1 N–H and O–H groups in total. The van der Waals surface area contributed by atoms with Crippen molar-refractivity contribution in [2.24, 2.45) is 4.99 Å². The van der Waals surface area contributed by atoms with E-state index >= 15 is 0 Å². The average Bonchev–Trinajstić information content (AvgIpc) is 3.22. The topological polar surface area (TPSA) is 69.8 Å². The highest BCUT2D eigenvalue weighted by molar-refractivity contribution is 14.0. The molecule has 31 heavy (non-hydrogen) atoms. The lowest BCUT2D eigenvalue weighted by Crippen LogP contribution is -2.52. The molecular weight excluding hydrogens is 517 g/mol. The van der Waals surface area contributed by atoms with E-state index in [1.807, 2.05) is 25.7 Å². The van der Waals surface area contributed by atoms with Gasteiger partial charge >= 0.3 is 0 Å². The zero-order chi connectivity index (χ0) is 21.5. The molecule has 0 saturated carbocycles. The summed E-state index contributed by atoms with van der Waals surface area (Å²) in [7, 11) is 0. The second-order valence-corrected chi connectivity index (χ2v) is 7.61. The van der Waals surface area contributed by atoms with Gasteiger partial charge in [0.05, 0.1) is 5.69 Å². The summed E-state index contributed by atoms with van der Waals surface area (Å²) < 4.78 is 32.8. The number of nitrogens with zero attached hydrogens (tertiary/aromatic N) is 5. The van der Waals surface area contributed by atoms with Gasteiger partial charge in [0.1, 0.15) is 11.6 Å².